The normalized spacial score (nSPS) is 10.9. The summed E-state index contributed by atoms with van der Waals surface area (Å²) in [5.74, 6) is 1.51. The summed E-state index contributed by atoms with van der Waals surface area (Å²) in [5.41, 5.74) is 9.44. The minimum Gasteiger partial charge on any atom is -0.353 e. The van der Waals surface area contributed by atoms with Crippen LogP contribution in [-0.4, -0.2) is 33.0 Å². The summed E-state index contributed by atoms with van der Waals surface area (Å²) in [6.45, 7) is 3.17. The number of imidazole rings is 1. The summed E-state index contributed by atoms with van der Waals surface area (Å²) in [7, 11) is 0. The molecule has 0 fully saturated rings. The zero-order valence-corrected chi connectivity index (χ0v) is 11.2. The molecular weight excluding hydrogens is 252 g/mol. The van der Waals surface area contributed by atoms with Crippen LogP contribution in [0.3, 0.4) is 0 Å². The highest BCUT2D eigenvalue weighted by Gasteiger charge is 2.04. The van der Waals surface area contributed by atoms with E-state index in [9.17, 15) is 0 Å². The van der Waals surface area contributed by atoms with E-state index in [0.717, 1.165) is 28.0 Å². The number of nitrogens with zero attached hydrogens (tertiary/aromatic N) is 3. The van der Waals surface area contributed by atoms with Gasteiger partial charge in [-0.2, -0.15) is 0 Å². The molecule has 0 aliphatic heterocycles. The van der Waals surface area contributed by atoms with Crippen molar-refractivity contribution in [2.24, 2.45) is 5.73 Å². The Morgan fingerprint density at radius 1 is 1.20 bits per heavy atom. The van der Waals surface area contributed by atoms with Crippen LogP contribution in [0.5, 0.6) is 0 Å². The first-order chi connectivity index (χ1) is 9.76. The Kier molecular flexibility index (Phi) is 3.30. The van der Waals surface area contributed by atoms with Gasteiger partial charge in [-0.05, 0) is 24.6 Å². The van der Waals surface area contributed by atoms with Crippen molar-refractivity contribution in [2.75, 3.05) is 18.4 Å². The van der Waals surface area contributed by atoms with E-state index < -0.39 is 0 Å². The molecule has 2 aromatic heterocycles. The minimum absolute atomic E-state index is 0.557. The molecular formula is C14H16N6. The largest absolute Gasteiger partial charge is 0.353 e. The summed E-state index contributed by atoms with van der Waals surface area (Å²) in [6, 6.07) is 6.07. The highest BCUT2D eigenvalue weighted by molar-refractivity contribution is 5.81. The molecule has 0 atom stereocenters. The van der Waals surface area contributed by atoms with Gasteiger partial charge in [-0.25, -0.2) is 15.0 Å². The van der Waals surface area contributed by atoms with Gasteiger partial charge in [0, 0.05) is 31.0 Å². The van der Waals surface area contributed by atoms with Crippen molar-refractivity contribution in [1.29, 1.82) is 0 Å². The zero-order chi connectivity index (χ0) is 13.9. The third-order valence-electron chi connectivity index (χ3n) is 3.01. The number of anilines is 1. The van der Waals surface area contributed by atoms with Crippen molar-refractivity contribution in [3.8, 4) is 11.1 Å². The number of benzene rings is 1. The lowest BCUT2D eigenvalue weighted by Crippen LogP contribution is -2.14. The fraction of sp³-hybridized carbons (Fsp3) is 0.214. The van der Waals surface area contributed by atoms with Gasteiger partial charge in [-0.1, -0.05) is 6.07 Å². The lowest BCUT2D eigenvalue weighted by atomic mass is 10.1. The van der Waals surface area contributed by atoms with Crippen molar-refractivity contribution in [2.45, 2.75) is 6.92 Å². The van der Waals surface area contributed by atoms with Crippen molar-refractivity contribution in [1.82, 2.24) is 19.9 Å². The molecule has 2 heterocycles. The van der Waals surface area contributed by atoms with Gasteiger partial charge < -0.3 is 16.0 Å². The highest BCUT2D eigenvalue weighted by atomic mass is 15.1. The lowest BCUT2D eigenvalue weighted by Gasteiger charge is -2.04. The standard InChI is InChI=1S/C14H16N6/c1-9-19-12-3-2-10(6-13(12)20-9)11-7-17-14(18-8-11)16-5-4-15/h2-3,6-8H,4-5,15H2,1H3,(H,19,20)(H,16,17,18). The van der Waals surface area contributed by atoms with E-state index in [1.165, 1.54) is 0 Å². The Bertz CT molecular complexity index is 716. The predicted octanol–water partition coefficient (Wildman–Crippen LogP) is 1.70. The summed E-state index contributed by atoms with van der Waals surface area (Å²) < 4.78 is 0. The van der Waals surface area contributed by atoms with Crippen LogP contribution in [-0.2, 0) is 0 Å². The molecule has 3 rings (SSSR count). The van der Waals surface area contributed by atoms with E-state index >= 15 is 0 Å². The molecule has 0 saturated heterocycles. The molecule has 4 N–H and O–H groups in total. The topological polar surface area (TPSA) is 92.5 Å². The van der Waals surface area contributed by atoms with Crippen LogP contribution < -0.4 is 11.1 Å². The van der Waals surface area contributed by atoms with Crippen LogP contribution in [0.25, 0.3) is 22.2 Å². The van der Waals surface area contributed by atoms with Crippen molar-refractivity contribution >= 4 is 17.0 Å². The first kappa shape index (κ1) is 12.6. The van der Waals surface area contributed by atoms with Gasteiger partial charge in [0.2, 0.25) is 5.95 Å². The number of aromatic nitrogens is 4. The summed E-state index contributed by atoms with van der Waals surface area (Å²) >= 11 is 0. The SMILES string of the molecule is Cc1nc2ccc(-c3cnc(NCCN)nc3)cc2[nH]1. The summed E-state index contributed by atoms with van der Waals surface area (Å²) in [6.07, 6.45) is 3.60. The second-order valence-corrected chi connectivity index (χ2v) is 4.56. The number of aryl methyl sites for hydroxylation is 1. The van der Waals surface area contributed by atoms with E-state index in [2.05, 4.69) is 31.3 Å². The van der Waals surface area contributed by atoms with Crippen LogP contribution in [0, 0.1) is 6.92 Å². The molecule has 0 bridgehead atoms. The molecule has 6 heteroatoms. The fourth-order valence-electron chi connectivity index (χ4n) is 2.07. The van der Waals surface area contributed by atoms with Crippen LogP contribution in [0.4, 0.5) is 5.95 Å². The zero-order valence-electron chi connectivity index (χ0n) is 11.2. The monoisotopic (exact) mass is 268 g/mol. The minimum atomic E-state index is 0.557. The Balaban J connectivity index is 1.89. The third kappa shape index (κ3) is 2.46. The summed E-state index contributed by atoms with van der Waals surface area (Å²) in [4.78, 5) is 16.2. The van der Waals surface area contributed by atoms with Gasteiger partial charge in [0.05, 0.1) is 11.0 Å². The van der Waals surface area contributed by atoms with Crippen LogP contribution in [0.1, 0.15) is 5.82 Å². The molecule has 20 heavy (non-hydrogen) atoms. The Morgan fingerprint density at radius 3 is 2.75 bits per heavy atom. The number of rotatable bonds is 4. The van der Waals surface area contributed by atoms with E-state index in [1.807, 2.05) is 19.1 Å². The van der Waals surface area contributed by atoms with Crippen LogP contribution >= 0.6 is 0 Å². The number of nitrogens with two attached hydrogens (primary N) is 1. The Morgan fingerprint density at radius 2 is 2.00 bits per heavy atom. The molecule has 0 spiro atoms. The Hall–Kier alpha value is -2.47. The van der Waals surface area contributed by atoms with E-state index in [4.69, 9.17) is 5.73 Å². The van der Waals surface area contributed by atoms with Gasteiger partial charge >= 0.3 is 0 Å². The molecule has 0 aliphatic carbocycles. The number of fused-ring (bicyclic) bond motifs is 1. The third-order valence-corrected chi connectivity index (χ3v) is 3.01. The number of nitrogens with one attached hydrogen (secondary N) is 2. The molecule has 0 radical (unpaired) electrons. The first-order valence-corrected chi connectivity index (χ1v) is 6.49. The summed E-state index contributed by atoms with van der Waals surface area (Å²) in [5, 5.41) is 3.04. The second kappa shape index (κ2) is 5.26. The number of hydrogen-bond donors (Lipinski definition) is 3. The maximum absolute atomic E-state index is 5.42. The average molecular weight is 268 g/mol. The molecule has 0 unspecified atom stereocenters. The average Bonchev–Trinajstić information content (AvgIpc) is 2.84. The molecule has 0 amide bonds. The molecule has 3 aromatic rings. The van der Waals surface area contributed by atoms with Crippen molar-refractivity contribution in [3.05, 3.63) is 36.4 Å². The molecule has 1 aromatic carbocycles. The quantitative estimate of drug-likeness (QED) is 0.669. The lowest BCUT2D eigenvalue weighted by molar-refractivity contribution is 0.990. The van der Waals surface area contributed by atoms with Crippen LogP contribution in [0.2, 0.25) is 0 Å². The van der Waals surface area contributed by atoms with Gasteiger partial charge in [-0.3, -0.25) is 0 Å². The fourth-order valence-corrected chi connectivity index (χ4v) is 2.07. The Labute approximate surface area is 116 Å². The van der Waals surface area contributed by atoms with Crippen molar-refractivity contribution in [3.63, 3.8) is 0 Å². The molecule has 6 nitrogen and oxygen atoms in total. The van der Waals surface area contributed by atoms with E-state index in [-0.39, 0.29) is 0 Å². The van der Waals surface area contributed by atoms with Crippen LogP contribution in [0.15, 0.2) is 30.6 Å². The highest BCUT2D eigenvalue weighted by Crippen LogP contribution is 2.22. The van der Waals surface area contributed by atoms with E-state index in [1.54, 1.807) is 12.4 Å². The first-order valence-electron chi connectivity index (χ1n) is 6.49. The molecule has 0 aliphatic rings. The van der Waals surface area contributed by atoms with Crippen molar-refractivity contribution < 1.29 is 0 Å². The molecule has 102 valence electrons. The maximum atomic E-state index is 5.42. The number of H-pyrrole nitrogens is 1. The number of aromatic amines is 1. The van der Waals surface area contributed by atoms with Gasteiger partial charge in [0.25, 0.3) is 0 Å². The predicted molar refractivity (Wildman–Crippen MR) is 79.4 cm³/mol. The van der Waals surface area contributed by atoms with Gasteiger partial charge in [0.15, 0.2) is 0 Å². The van der Waals surface area contributed by atoms with Gasteiger partial charge in [-0.15, -0.1) is 0 Å². The smallest absolute Gasteiger partial charge is 0.222 e. The number of hydrogen-bond acceptors (Lipinski definition) is 5. The second-order valence-electron chi connectivity index (χ2n) is 4.56. The maximum Gasteiger partial charge on any atom is 0.222 e. The van der Waals surface area contributed by atoms with E-state index in [0.29, 0.717) is 19.0 Å². The van der Waals surface area contributed by atoms with Gasteiger partial charge in [0.1, 0.15) is 5.82 Å². The molecule has 0 saturated carbocycles.